The van der Waals surface area contributed by atoms with Crippen LogP contribution in [0.5, 0.6) is 0 Å². The van der Waals surface area contributed by atoms with Crippen molar-refractivity contribution in [1.82, 2.24) is 5.32 Å². The van der Waals surface area contributed by atoms with Crippen molar-refractivity contribution in [1.29, 1.82) is 0 Å². The number of nitrogens with one attached hydrogen (secondary N) is 1. The van der Waals surface area contributed by atoms with Crippen LogP contribution in [-0.2, 0) is 0 Å². The fraction of sp³-hybridized carbons (Fsp3) is 0.333. The first-order valence-electron chi connectivity index (χ1n) is 2.70. The van der Waals surface area contributed by atoms with E-state index in [2.05, 4.69) is 5.32 Å². The zero-order valence-corrected chi connectivity index (χ0v) is 5.00. The Labute approximate surface area is 56.2 Å². The highest BCUT2D eigenvalue weighted by Crippen LogP contribution is 2.26. The van der Waals surface area contributed by atoms with E-state index in [0.29, 0.717) is 6.54 Å². The van der Waals surface area contributed by atoms with E-state index in [1.54, 1.807) is 0 Å². The topological polar surface area (TPSA) is 12.0 Å². The van der Waals surface area contributed by atoms with E-state index >= 15 is 0 Å². The van der Waals surface area contributed by atoms with E-state index in [1.165, 1.54) is 6.08 Å². The molecule has 1 radical (unpaired) electrons. The first-order chi connectivity index (χ1) is 4.61. The molecule has 0 aliphatic carbocycles. The van der Waals surface area contributed by atoms with E-state index in [0.717, 1.165) is 6.08 Å². The highest BCUT2D eigenvalue weighted by atomic mass is 19.4. The smallest absolute Gasteiger partial charge is 0.379 e. The lowest BCUT2D eigenvalue weighted by molar-refractivity contribution is -0.0892. The maximum Gasteiger partial charge on any atom is 0.418 e. The van der Waals surface area contributed by atoms with Crippen LogP contribution in [0.2, 0.25) is 0 Å². The normalized spacial score (nSPS) is 18.1. The number of hydrogen-bond acceptors (Lipinski definition) is 1. The van der Waals surface area contributed by atoms with Crippen LogP contribution in [0.3, 0.4) is 0 Å². The molecule has 0 bridgehead atoms. The Kier molecular flexibility index (Phi) is 1.70. The number of allylic oxidation sites excluding steroid dienone is 2. The van der Waals surface area contributed by atoms with Gasteiger partial charge in [-0.05, 0) is 0 Å². The highest BCUT2D eigenvalue weighted by Gasteiger charge is 2.32. The molecule has 4 heteroatoms. The summed E-state index contributed by atoms with van der Waals surface area (Å²) in [4.78, 5) is 0. The van der Waals surface area contributed by atoms with Crippen molar-refractivity contribution in [3.8, 4) is 0 Å². The molecule has 1 heterocycles. The maximum absolute atomic E-state index is 11.8. The summed E-state index contributed by atoms with van der Waals surface area (Å²) in [6, 6.07) is 0. The van der Waals surface area contributed by atoms with Gasteiger partial charge in [0, 0.05) is 6.54 Å². The van der Waals surface area contributed by atoms with Crippen molar-refractivity contribution in [2.75, 3.05) is 6.54 Å². The van der Waals surface area contributed by atoms with E-state index in [1.807, 2.05) is 6.20 Å². The predicted octanol–water partition coefficient (Wildman–Crippen LogP) is 1.40. The third-order valence-corrected chi connectivity index (χ3v) is 1.03. The first-order valence-corrected chi connectivity index (χ1v) is 2.70. The highest BCUT2D eigenvalue weighted by molar-refractivity contribution is 5.23. The van der Waals surface area contributed by atoms with Crippen molar-refractivity contribution in [3.05, 3.63) is 23.9 Å². The molecule has 1 aliphatic rings. The summed E-state index contributed by atoms with van der Waals surface area (Å²) in [6.07, 6.45) is 0.153. The second-order valence-corrected chi connectivity index (χ2v) is 1.82. The Morgan fingerprint density at radius 3 is 2.50 bits per heavy atom. The van der Waals surface area contributed by atoms with Crippen LogP contribution >= 0.6 is 0 Å². The van der Waals surface area contributed by atoms with Gasteiger partial charge in [-0.1, -0.05) is 12.2 Å². The van der Waals surface area contributed by atoms with Gasteiger partial charge in [-0.3, -0.25) is 0 Å². The number of rotatable bonds is 0. The Morgan fingerprint density at radius 2 is 2.20 bits per heavy atom. The van der Waals surface area contributed by atoms with Crippen LogP contribution in [0.4, 0.5) is 13.2 Å². The summed E-state index contributed by atoms with van der Waals surface area (Å²) in [7, 11) is 0. The van der Waals surface area contributed by atoms with E-state index in [-0.39, 0.29) is 0 Å². The first kappa shape index (κ1) is 7.18. The Balaban J connectivity index is 2.73. The maximum atomic E-state index is 11.8. The molecule has 10 heavy (non-hydrogen) atoms. The van der Waals surface area contributed by atoms with Crippen molar-refractivity contribution >= 4 is 0 Å². The predicted molar refractivity (Wildman–Crippen MR) is 30.0 cm³/mol. The second-order valence-electron chi connectivity index (χ2n) is 1.82. The van der Waals surface area contributed by atoms with Gasteiger partial charge < -0.3 is 5.32 Å². The lowest BCUT2D eigenvalue weighted by Gasteiger charge is -2.10. The zero-order chi connectivity index (χ0) is 7.61. The van der Waals surface area contributed by atoms with Gasteiger partial charge in [0.2, 0.25) is 0 Å². The lowest BCUT2D eigenvalue weighted by atomic mass is 10.2. The molecule has 0 saturated heterocycles. The molecule has 0 fully saturated rings. The minimum atomic E-state index is -4.27. The van der Waals surface area contributed by atoms with Crippen LogP contribution < -0.4 is 5.32 Å². The van der Waals surface area contributed by atoms with Crippen LogP contribution in [0, 0.1) is 6.20 Å². The number of halogens is 3. The average Bonchev–Trinajstić information content (AvgIpc) is 1.88. The Hall–Kier alpha value is -0.930. The third kappa shape index (κ3) is 1.52. The van der Waals surface area contributed by atoms with Crippen molar-refractivity contribution in [2.45, 2.75) is 6.18 Å². The van der Waals surface area contributed by atoms with Crippen molar-refractivity contribution in [2.24, 2.45) is 0 Å². The van der Waals surface area contributed by atoms with Crippen molar-refractivity contribution in [3.63, 3.8) is 0 Å². The van der Waals surface area contributed by atoms with Gasteiger partial charge in [-0.25, -0.2) is 0 Å². The SMILES string of the molecule is FC(F)(F)C1=[C]NCC=C1. The van der Waals surface area contributed by atoms with Crippen LogP contribution in [0.25, 0.3) is 0 Å². The number of alkyl halides is 3. The van der Waals surface area contributed by atoms with Crippen LogP contribution in [-0.4, -0.2) is 12.7 Å². The molecule has 0 amide bonds. The monoisotopic (exact) mass is 148 g/mol. The molecule has 1 nitrogen and oxygen atoms in total. The van der Waals surface area contributed by atoms with Crippen LogP contribution in [0.1, 0.15) is 0 Å². The van der Waals surface area contributed by atoms with Crippen LogP contribution in [0.15, 0.2) is 17.7 Å². The zero-order valence-electron chi connectivity index (χ0n) is 5.00. The molecule has 0 aromatic rings. The van der Waals surface area contributed by atoms with Gasteiger partial charge >= 0.3 is 6.18 Å². The molecule has 1 rings (SSSR count). The largest absolute Gasteiger partial charge is 0.418 e. The molecular weight excluding hydrogens is 143 g/mol. The number of dihydropyridines is 1. The van der Waals surface area contributed by atoms with Crippen molar-refractivity contribution < 1.29 is 13.2 Å². The molecule has 1 N–H and O–H groups in total. The molecule has 0 spiro atoms. The Morgan fingerprint density at radius 1 is 1.50 bits per heavy atom. The minimum Gasteiger partial charge on any atom is -0.379 e. The van der Waals surface area contributed by atoms with Gasteiger partial charge in [0.15, 0.2) is 0 Å². The van der Waals surface area contributed by atoms with Gasteiger partial charge in [-0.15, -0.1) is 0 Å². The fourth-order valence-corrected chi connectivity index (χ4v) is 0.589. The summed E-state index contributed by atoms with van der Waals surface area (Å²) >= 11 is 0. The molecular formula is C6H5F3N. The summed E-state index contributed by atoms with van der Waals surface area (Å²) < 4.78 is 35.3. The molecule has 55 valence electrons. The fourth-order valence-electron chi connectivity index (χ4n) is 0.589. The summed E-state index contributed by atoms with van der Waals surface area (Å²) in [5.74, 6) is 0. The summed E-state index contributed by atoms with van der Waals surface area (Å²) in [5, 5.41) is 2.35. The number of hydrogen-bond donors (Lipinski definition) is 1. The second kappa shape index (κ2) is 2.36. The molecule has 0 aromatic carbocycles. The standard InChI is InChI=1S/C6H5F3N/c7-6(8,9)5-2-1-3-10-4-5/h1-2,10H,3H2. The molecule has 0 saturated carbocycles. The summed E-state index contributed by atoms with van der Waals surface area (Å²) in [5.41, 5.74) is -0.751. The minimum absolute atomic E-state index is 0.416. The molecule has 0 atom stereocenters. The third-order valence-electron chi connectivity index (χ3n) is 1.03. The Bertz CT molecular complexity index is 178. The molecule has 0 unspecified atom stereocenters. The average molecular weight is 148 g/mol. The van der Waals surface area contributed by atoms with E-state index < -0.39 is 11.7 Å². The van der Waals surface area contributed by atoms with Gasteiger partial charge in [0.05, 0.1) is 11.8 Å². The van der Waals surface area contributed by atoms with E-state index in [4.69, 9.17) is 0 Å². The lowest BCUT2D eigenvalue weighted by Crippen LogP contribution is -2.19. The molecule has 1 aliphatic heterocycles. The molecule has 0 aromatic heterocycles. The van der Waals surface area contributed by atoms with Gasteiger partial charge in [0.1, 0.15) is 0 Å². The van der Waals surface area contributed by atoms with E-state index in [9.17, 15) is 13.2 Å². The summed E-state index contributed by atoms with van der Waals surface area (Å²) in [6.45, 7) is 0.416. The van der Waals surface area contributed by atoms with Gasteiger partial charge in [0.25, 0.3) is 0 Å². The quantitative estimate of drug-likeness (QED) is 0.547. The van der Waals surface area contributed by atoms with Gasteiger partial charge in [-0.2, -0.15) is 13.2 Å².